The summed E-state index contributed by atoms with van der Waals surface area (Å²) in [4.78, 5) is 4.32. The Labute approximate surface area is 85.5 Å². The Hall–Kier alpha value is -0.990. The normalized spacial score (nSPS) is 15.8. The first kappa shape index (κ1) is 9.56. The fraction of sp³-hybridized carbons (Fsp3) is 0.727. The third-order valence-electron chi connectivity index (χ3n) is 2.71. The van der Waals surface area contributed by atoms with Gasteiger partial charge in [-0.1, -0.05) is 13.3 Å². The van der Waals surface area contributed by atoms with Crippen LogP contribution >= 0.6 is 0 Å². The molecule has 0 atom stereocenters. The Morgan fingerprint density at radius 2 is 2.43 bits per heavy atom. The molecule has 3 heteroatoms. The smallest absolute Gasteiger partial charge is 0.202 e. The molecule has 1 aromatic rings. The van der Waals surface area contributed by atoms with E-state index in [0.29, 0.717) is 0 Å². The highest BCUT2D eigenvalue weighted by molar-refractivity contribution is 5.26. The van der Waals surface area contributed by atoms with Gasteiger partial charge in [0, 0.05) is 25.5 Å². The molecule has 3 nitrogen and oxygen atoms in total. The molecule has 2 rings (SSSR count). The zero-order chi connectivity index (χ0) is 9.80. The van der Waals surface area contributed by atoms with E-state index in [-0.39, 0.29) is 0 Å². The van der Waals surface area contributed by atoms with E-state index in [2.05, 4.69) is 28.0 Å². The van der Waals surface area contributed by atoms with Gasteiger partial charge in [0.05, 0.1) is 0 Å². The minimum absolute atomic E-state index is 0.909. The maximum absolute atomic E-state index is 4.32. The van der Waals surface area contributed by atoms with Gasteiger partial charge in [0.2, 0.25) is 5.95 Å². The fourth-order valence-corrected chi connectivity index (χ4v) is 1.54. The average Bonchev–Trinajstić information content (AvgIpc) is 2.92. The molecular weight excluding hydrogens is 174 g/mol. The molecule has 1 aliphatic carbocycles. The van der Waals surface area contributed by atoms with Gasteiger partial charge in [0.1, 0.15) is 0 Å². The van der Waals surface area contributed by atoms with Crippen LogP contribution in [0, 0.1) is 5.92 Å². The molecule has 0 amide bonds. The lowest BCUT2D eigenvalue weighted by molar-refractivity contribution is 0.633. The van der Waals surface area contributed by atoms with E-state index < -0.39 is 0 Å². The number of nitrogens with one attached hydrogen (secondary N) is 1. The summed E-state index contributed by atoms with van der Waals surface area (Å²) >= 11 is 0. The summed E-state index contributed by atoms with van der Waals surface area (Å²) in [5, 5.41) is 3.42. The number of hydrogen-bond acceptors (Lipinski definition) is 2. The van der Waals surface area contributed by atoms with E-state index in [4.69, 9.17) is 0 Å². The Morgan fingerprint density at radius 1 is 1.57 bits per heavy atom. The number of imidazole rings is 1. The second kappa shape index (κ2) is 4.49. The van der Waals surface area contributed by atoms with E-state index in [1.807, 2.05) is 6.20 Å². The third-order valence-corrected chi connectivity index (χ3v) is 2.71. The molecule has 1 heterocycles. The molecule has 0 unspecified atom stereocenters. The standard InChI is InChI=1S/C11H19N3/c1-2-3-7-14-8-6-12-11(14)13-9-10-4-5-10/h6,8,10H,2-5,7,9H2,1H3,(H,12,13). The zero-order valence-electron chi connectivity index (χ0n) is 8.87. The topological polar surface area (TPSA) is 29.9 Å². The van der Waals surface area contributed by atoms with Gasteiger partial charge in [0.25, 0.3) is 0 Å². The first-order valence-corrected chi connectivity index (χ1v) is 5.65. The number of rotatable bonds is 6. The van der Waals surface area contributed by atoms with Crippen molar-refractivity contribution in [1.82, 2.24) is 9.55 Å². The quantitative estimate of drug-likeness (QED) is 0.752. The fourth-order valence-electron chi connectivity index (χ4n) is 1.54. The van der Waals surface area contributed by atoms with E-state index >= 15 is 0 Å². The van der Waals surface area contributed by atoms with Crippen molar-refractivity contribution in [3.63, 3.8) is 0 Å². The molecule has 78 valence electrons. The van der Waals surface area contributed by atoms with Crippen molar-refractivity contribution in [2.75, 3.05) is 11.9 Å². The summed E-state index contributed by atoms with van der Waals surface area (Å²) in [6, 6.07) is 0. The van der Waals surface area contributed by atoms with Gasteiger partial charge >= 0.3 is 0 Å². The van der Waals surface area contributed by atoms with Crippen molar-refractivity contribution >= 4 is 5.95 Å². The van der Waals surface area contributed by atoms with Crippen molar-refractivity contribution < 1.29 is 0 Å². The van der Waals surface area contributed by atoms with Gasteiger partial charge in [-0.25, -0.2) is 4.98 Å². The highest BCUT2D eigenvalue weighted by Crippen LogP contribution is 2.28. The molecule has 0 aromatic carbocycles. The SMILES string of the molecule is CCCCn1ccnc1NCC1CC1. The van der Waals surface area contributed by atoms with Crippen LogP contribution in [-0.2, 0) is 6.54 Å². The highest BCUT2D eigenvalue weighted by Gasteiger charge is 2.21. The van der Waals surface area contributed by atoms with Gasteiger partial charge in [-0.15, -0.1) is 0 Å². The molecule has 0 spiro atoms. The van der Waals surface area contributed by atoms with Gasteiger partial charge in [-0.3, -0.25) is 0 Å². The van der Waals surface area contributed by atoms with Crippen molar-refractivity contribution in [2.45, 2.75) is 39.2 Å². The lowest BCUT2D eigenvalue weighted by Crippen LogP contribution is -2.09. The maximum Gasteiger partial charge on any atom is 0.202 e. The van der Waals surface area contributed by atoms with Gasteiger partial charge in [0.15, 0.2) is 0 Å². The summed E-state index contributed by atoms with van der Waals surface area (Å²) in [5.41, 5.74) is 0. The Bertz CT molecular complexity index is 276. The van der Waals surface area contributed by atoms with Crippen molar-refractivity contribution in [3.05, 3.63) is 12.4 Å². The van der Waals surface area contributed by atoms with Crippen LogP contribution in [0.25, 0.3) is 0 Å². The Kier molecular flexibility index (Phi) is 3.07. The molecule has 1 fully saturated rings. The Balaban J connectivity index is 1.83. The first-order valence-electron chi connectivity index (χ1n) is 5.65. The van der Waals surface area contributed by atoms with Gasteiger partial charge in [-0.05, 0) is 25.2 Å². The van der Waals surface area contributed by atoms with Crippen LogP contribution in [0.2, 0.25) is 0 Å². The third kappa shape index (κ3) is 2.50. The summed E-state index contributed by atoms with van der Waals surface area (Å²) in [5.74, 6) is 1.96. The van der Waals surface area contributed by atoms with E-state index in [1.165, 1.54) is 25.7 Å². The number of aryl methyl sites for hydroxylation is 1. The largest absolute Gasteiger partial charge is 0.355 e. The second-order valence-electron chi connectivity index (χ2n) is 4.12. The minimum Gasteiger partial charge on any atom is -0.355 e. The molecular formula is C11H19N3. The second-order valence-corrected chi connectivity index (χ2v) is 4.12. The van der Waals surface area contributed by atoms with E-state index in [9.17, 15) is 0 Å². The number of nitrogens with zero attached hydrogens (tertiary/aromatic N) is 2. The number of hydrogen-bond donors (Lipinski definition) is 1. The lowest BCUT2D eigenvalue weighted by atomic mass is 10.3. The van der Waals surface area contributed by atoms with Crippen molar-refractivity contribution in [1.29, 1.82) is 0 Å². The summed E-state index contributed by atoms with van der Waals surface area (Å²) in [6.45, 7) is 4.40. The molecule has 1 aromatic heterocycles. The molecule has 14 heavy (non-hydrogen) atoms. The average molecular weight is 193 g/mol. The Morgan fingerprint density at radius 3 is 3.14 bits per heavy atom. The van der Waals surface area contributed by atoms with E-state index in [1.54, 1.807) is 0 Å². The van der Waals surface area contributed by atoms with Crippen molar-refractivity contribution in [2.24, 2.45) is 5.92 Å². The predicted molar refractivity (Wildman–Crippen MR) is 58.3 cm³/mol. The maximum atomic E-state index is 4.32. The molecule has 0 saturated heterocycles. The van der Waals surface area contributed by atoms with E-state index in [0.717, 1.165) is 25.0 Å². The van der Waals surface area contributed by atoms with Gasteiger partial charge in [-0.2, -0.15) is 0 Å². The molecule has 0 radical (unpaired) electrons. The number of anilines is 1. The molecule has 0 aliphatic heterocycles. The first-order chi connectivity index (χ1) is 6.90. The van der Waals surface area contributed by atoms with Crippen LogP contribution in [0.1, 0.15) is 32.6 Å². The van der Waals surface area contributed by atoms with Gasteiger partial charge < -0.3 is 9.88 Å². The molecule has 1 saturated carbocycles. The van der Waals surface area contributed by atoms with Crippen LogP contribution in [-0.4, -0.2) is 16.1 Å². The van der Waals surface area contributed by atoms with Crippen LogP contribution in [0.3, 0.4) is 0 Å². The summed E-state index contributed by atoms with van der Waals surface area (Å²) in [7, 11) is 0. The number of unbranched alkanes of at least 4 members (excludes halogenated alkanes) is 1. The zero-order valence-corrected chi connectivity index (χ0v) is 8.87. The van der Waals surface area contributed by atoms with Crippen LogP contribution in [0.4, 0.5) is 5.95 Å². The van der Waals surface area contributed by atoms with Crippen molar-refractivity contribution in [3.8, 4) is 0 Å². The lowest BCUT2D eigenvalue weighted by Gasteiger charge is -2.08. The van der Waals surface area contributed by atoms with Crippen LogP contribution < -0.4 is 5.32 Å². The highest BCUT2D eigenvalue weighted by atomic mass is 15.2. The van der Waals surface area contributed by atoms with Crippen LogP contribution in [0.5, 0.6) is 0 Å². The minimum atomic E-state index is 0.909. The molecule has 1 aliphatic rings. The number of aromatic nitrogens is 2. The monoisotopic (exact) mass is 193 g/mol. The van der Waals surface area contributed by atoms with Crippen LogP contribution in [0.15, 0.2) is 12.4 Å². The molecule has 1 N–H and O–H groups in total. The summed E-state index contributed by atoms with van der Waals surface area (Å²) in [6.07, 6.45) is 9.19. The predicted octanol–water partition coefficient (Wildman–Crippen LogP) is 2.51. The summed E-state index contributed by atoms with van der Waals surface area (Å²) < 4.78 is 2.21. The molecule has 0 bridgehead atoms.